The minimum Gasteiger partial charge on any atom is -0.492 e. The van der Waals surface area contributed by atoms with Crippen LogP contribution in [0.1, 0.15) is 25.8 Å². The zero-order valence-electron chi connectivity index (χ0n) is 14.4. The Morgan fingerprint density at radius 2 is 2.08 bits per heavy atom. The second-order valence-electron chi connectivity index (χ2n) is 5.78. The minimum atomic E-state index is -0.355. The standard InChI is InChI=1S/C20H25NO3/c1-4-9-19(23-5-2)18-13-12-16(3)14-21(18)20(22)24-15-17-10-7-6-8-11-17/h4,6-11,13,16H,1,5,12,14-15H2,2-3H3/b19-9+. The third-order valence-corrected chi connectivity index (χ3v) is 3.75. The van der Waals surface area contributed by atoms with Gasteiger partial charge in [-0.15, -0.1) is 0 Å². The van der Waals surface area contributed by atoms with Crippen molar-refractivity contribution in [1.29, 1.82) is 0 Å². The Labute approximate surface area is 144 Å². The number of nitrogens with zero attached hydrogens (tertiary/aromatic N) is 1. The molecule has 0 saturated heterocycles. The van der Waals surface area contributed by atoms with Gasteiger partial charge in [0.15, 0.2) is 0 Å². The Hall–Kier alpha value is -2.49. The van der Waals surface area contributed by atoms with Crippen LogP contribution in [-0.4, -0.2) is 24.1 Å². The average Bonchev–Trinajstić information content (AvgIpc) is 2.60. The quantitative estimate of drug-likeness (QED) is 0.563. The van der Waals surface area contributed by atoms with E-state index in [9.17, 15) is 4.79 Å². The van der Waals surface area contributed by atoms with Crippen LogP contribution in [-0.2, 0) is 16.1 Å². The van der Waals surface area contributed by atoms with Crippen LogP contribution in [0.15, 0.2) is 66.6 Å². The lowest BCUT2D eigenvalue weighted by atomic mass is 10.0. The number of hydrogen-bond donors (Lipinski definition) is 0. The van der Waals surface area contributed by atoms with Crippen molar-refractivity contribution in [3.8, 4) is 0 Å². The zero-order chi connectivity index (χ0) is 17.4. The minimum absolute atomic E-state index is 0.257. The van der Waals surface area contributed by atoms with E-state index in [2.05, 4.69) is 13.5 Å². The highest BCUT2D eigenvalue weighted by atomic mass is 16.6. The van der Waals surface area contributed by atoms with Crippen LogP contribution < -0.4 is 0 Å². The Morgan fingerprint density at radius 1 is 1.33 bits per heavy atom. The SMILES string of the molecule is C=C/C=C(/OCC)C1=CCC(C)CN1C(=O)OCc1ccccc1. The van der Waals surface area contributed by atoms with Crippen molar-refractivity contribution in [1.82, 2.24) is 4.90 Å². The summed E-state index contributed by atoms with van der Waals surface area (Å²) >= 11 is 0. The second kappa shape index (κ2) is 8.96. The first kappa shape index (κ1) is 17.9. The summed E-state index contributed by atoms with van der Waals surface area (Å²) in [6, 6.07) is 9.67. The third-order valence-electron chi connectivity index (χ3n) is 3.75. The molecule has 0 aromatic heterocycles. The molecule has 0 radical (unpaired) electrons. The zero-order valence-corrected chi connectivity index (χ0v) is 14.4. The van der Waals surface area contributed by atoms with Gasteiger partial charge in [-0.1, -0.05) is 56.0 Å². The van der Waals surface area contributed by atoms with Crippen molar-refractivity contribution in [2.45, 2.75) is 26.9 Å². The van der Waals surface area contributed by atoms with Gasteiger partial charge in [0, 0.05) is 6.54 Å². The van der Waals surface area contributed by atoms with E-state index in [4.69, 9.17) is 9.47 Å². The van der Waals surface area contributed by atoms with E-state index in [0.29, 0.717) is 24.8 Å². The molecule has 0 fully saturated rings. The predicted octanol–water partition coefficient (Wildman–Crippen LogP) is 4.66. The first-order valence-corrected chi connectivity index (χ1v) is 8.30. The number of rotatable bonds is 6. The van der Waals surface area contributed by atoms with Crippen molar-refractivity contribution in [2.75, 3.05) is 13.2 Å². The molecule has 1 atom stereocenters. The van der Waals surface area contributed by atoms with E-state index < -0.39 is 0 Å². The lowest BCUT2D eigenvalue weighted by molar-refractivity contribution is 0.0958. The lowest BCUT2D eigenvalue weighted by Gasteiger charge is -2.32. The Kier molecular flexibility index (Phi) is 6.67. The highest BCUT2D eigenvalue weighted by Gasteiger charge is 2.28. The first-order valence-electron chi connectivity index (χ1n) is 8.30. The van der Waals surface area contributed by atoms with E-state index in [1.165, 1.54) is 0 Å². The summed E-state index contributed by atoms with van der Waals surface area (Å²) in [6.07, 6.45) is 6.02. The van der Waals surface area contributed by atoms with Gasteiger partial charge < -0.3 is 9.47 Å². The van der Waals surface area contributed by atoms with Crippen LogP contribution in [0.2, 0.25) is 0 Å². The number of allylic oxidation sites excluding steroid dienone is 3. The van der Waals surface area contributed by atoms with Crippen molar-refractivity contribution in [3.63, 3.8) is 0 Å². The van der Waals surface area contributed by atoms with Gasteiger partial charge in [-0.25, -0.2) is 4.79 Å². The van der Waals surface area contributed by atoms with Crippen molar-refractivity contribution in [3.05, 3.63) is 72.2 Å². The lowest BCUT2D eigenvalue weighted by Crippen LogP contribution is -2.38. The molecule has 4 nitrogen and oxygen atoms in total. The smallest absolute Gasteiger partial charge is 0.414 e. The molecule has 0 aliphatic carbocycles. The molecule has 2 rings (SSSR count). The fraction of sp³-hybridized carbons (Fsp3) is 0.350. The molecule has 0 spiro atoms. The van der Waals surface area contributed by atoms with Gasteiger partial charge in [0.05, 0.1) is 12.3 Å². The Morgan fingerprint density at radius 3 is 2.75 bits per heavy atom. The first-order chi connectivity index (χ1) is 11.7. The molecule has 0 N–H and O–H groups in total. The molecule has 1 aromatic rings. The van der Waals surface area contributed by atoms with Crippen LogP contribution >= 0.6 is 0 Å². The number of benzene rings is 1. The summed E-state index contributed by atoms with van der Waals surface area (Å²) < 4.78 is 11.2. The largest absolute Gasteiger partial charge is 0.492 e. The maximum Gasteiger partial charge on any atom is 0.414 e. The van der Waals surface area contributed by atoms with Gasteiger partial charge in [0.2, 0.25) is 0 Å². The monoisotopic (exact) mass is 327 g/mol. The van der Waals surface area contributed by atoms with Crippen LogP contribution in [0.5, 0.6) is 0 Å². The number of carbonyl (C=O) groups is 1. The van der Waals surface area contributed by atoms with Crippen LogP contribution in [0, 0.1) is 5.92 Å². The molecule has 1 unspecified atom stereocenters. The molecule has 128 valence electrons. The summed E-state index contributed by atoms with van der Waals surface area (Å²) in [6.45, 7) is 9.15. The topological polar surface area (TPSA) is 38.8 Å². The van der Waals surface area contributed by atoms with Crippen LogP contribution in [0.4, 0.5) is 4.79 Å². The molecule has 1 aromatic carbocycles. The summed E-state index contributed by atoms with van der Waals surface area (Å²) in [5.41, 5.74) is 1.72. The van der Waals surface area contributed by atoms with E-state index in [1.807, 2.05) is 43.3 Å². The Bertz CT molecular complexity index is 619. The molecule has 1 amide bonds. The Balaban J connectivity index is 2.13. The second-order valence-corrected chi connectivity index (χ2v) is 5.78. The summed E-state index contributed by atoms with van der Waals surface area (Å²) in [7, 11) is 0. The average molecular weight is 327 g/mol. The number of hydrogen-bond acceptors (Lipinski definition) is 3. The van der Waals surface area contributed by atoms with Crippen molar-refractivity contribution < 1.29 is 14.3 Å². The van der Waals surface area contributed by atoms with Crippen LogP contribution in [0.25, 0.3) is 0 Å². The van der Waals surface area contributed by atoms with E-state index in [1.54, 1.807) is 17.1 Å². The van der Waals surface area contributed by atoms with Gasteiger partial charge >= 0.3 is 6.09 Å². The number of amides is 1. The maximum absolute atomic E-state index is 12.6. The number of carbonyl (C=O) groups excluding carboxylic acids is 1. The highest BCUT2D eigenvalue weighted by molar-refractivity contribution is 5.71. The summed E-state index contributed by atoms with van der Waals surface area (Å²) in [5, 5.41) is 0. The maximum atomic E-state index is 12.6. The van der Waals surface area contributed by atoms with Crippen molar-refractivity contribution >= 4 is 6.09 Å². The van der Waals surface area contributed by atoms with Crippen LogP contribution in [0.3, 0.4) is 0 Å². The fourth-order valence-corrected chi connectivity index (χ4v) is 2.58. The molecule has 0 saturated carbocycles. The van der Waals surface area contributed by atoms with Gasteiger partial charge in [0.1, 0.15) is 12.4 Å². The molecular formula is C20H25NO3. The van der Waals surface area contributed by atoms with Gasteiger partial charge in [0.25, 0.3) is 0 Å². The van der Waals surface area contributed by atoms with Gasteiger partial charge in [-0.05, 0) is 30.9 Å². The van der Waals surface area contributed by atoms with Crippen molar-refractivity contribution in [2.24, 2.45) is 5.92 Å². The highest BCUT2D eigenvalue weighted by Crippen LogP contribution is 2.26. The summed E-state index contributed by atoms with van der Waals surface area (Å²) in [5.74, 6) is 1.03. The molecule has 1 aliphatic heterocycles. The third kappa shape index (κ3) is 4.75. The van der Waals surface area contributed by atoms with E-state index >= 15 is 0 Å². The molecule has 1 heterocycles. The van der Waals surface area contributed by atoms with Gasteiger partial charge in [-0.2, -0.15) is 0 Å². The molecule has 4 heteroatoms. The molecular weight excluding hydrogens is 302 g/mol. The van der Waals surface area contributed by atoms with E-state index in [0.717, 1.165) is 17.7 Å². The predicted molar refractivity (Wildman–Crippen MR) is 95.1 cm³/mol. The molecule has 0 bridgehead atoms. The van der Waals surface area contributed by atoms with E-state index in [-0.39, 0.29) is 12.7 Å². The summed E-state index contributed by atoms with van der Waals surface area (Å²) in [4.78, 5) is 14.2. The number of ether oxygens (including phenoxy) is 2. The molecule has 1 aliphatic rings. The molecule has 24 heavy (non-hydrogen) atoms. The fourth-order valence-electron chi connectivity index (χ4n) is 2.58. The van der Waals surface area contributed by atoms with Gasteiger partial charge in [-0.3, -0.25) is 4.90 Å². The normalized spacial score (nSPS) is 17.9.